The second-order valence-electron chi connectivity index (χ2n) is 7.60. The first kappa shape index (κ1) is 21.2. The molecule has 1 heterocycles. The third-order valence-electron chi connectivity index (χ3n) is 5.34. The van der Waals surface area contributed by atoms with E-state index in [1.54, 1.807) is 38.5 Å². The normalized spacial score (nSPS) is 13.6. The number of nitrogens with one attached hydrogen (secondary N) is 1. The smallest absolute Gasteiger partial charge is 0.282 e. The molecule has 3 aromatic rings. The molecule has 32 heavy (non-hydrogen) atoms. The van der Waals surface area contributed by atoms with Crippen LogP contribution in [0.2, 0.25) is 0 Å². The lowest BCUT2D eigenvalue weighted by Gasteiger charge is -2.16. The van der Waals surface area contributed by atoms with Gasteiger partial charge in [-0.05, 0) is 49.2 Å². The number of hydrogen-bond donors (Lipinski definition) is 1. The zero-order valence-electron chi connectivity index (χ0n) is 18.4. The Morgan fingerprint density at radius 1 is 0.750 bits per heavy atom. The van der Waals surface area contributed by atoms with E-state index in [0.29, 0.717) is 34.0 Å². The second kappa shape index (κ2) is 8.59. The van der Waals surface area contributed by atoms with Gasteiger partial charge in [-0.1, -0.05) is 42.0 Å². The molecule has 0 saturated heterocycles. The van der Waals surface area contributed by atoms with Gasteiger partial charge in [0.25, 0.3) is 11.8 Å². The second-order valence-corrected chi connectivity index (χ2v) is 7.60. The molecule has 1 aliphatic rings. The Hall–Kier alpha value is -4.06. The Morgan fingerprint density at radius 3 is 2.12 bits per heavy atom. The number of imide groups is 1. The molecule has 0 radical (unpaired) electrons. The highest BCUT2D eigenvalue weighted by Gasteiger charge is 2.40. The van der Waals surface area contributed by atoms with Crippen molar-refractivity contribution < 1.29 is 19.1 Å². The molecule has 4 rings (SSSR count). The lowest BCUT2D eigenvalue weighted by molar-refractivity contribution is -0.120. The van der Waals surface area contributed by atoms with E-state index in [-0.39, 0.29) is 11.6 Å². The number of anilines is 2. The summed E-state index contributed by atoms with van der Waals surface area (Å²) in [7, 11) is 3.10. The number of nitrogens with zero attached hydrogens (tertiary/aromatic N) is 1. The maximum Gasteiger partial charge on any atom is 0.282 e. The van der Waals surface area contributed by atoms with Gasteiger partial charge in [0.05, 0.1) is 25.5 Å². The van der Waals surface area contributed by atoms with Crippen LogP contribution in [0.4, 0.5) is 11.4 Å². The van der Waals surface area contributed by atoms with Crippen molar-refractivity contribution in [2.75, 3.05) is 24.4 Å². The summed E-state index contributed by atoms with van der Waals surface area (Å²) in [6.45, 7) is 3.90. The molecule has 0 spiro atoms. The van der Waals surface area contributed by atoms with Gasteiger partial charge in [-0.15, -0.1) is 0 Å². The molecule has 0 aliphatic carbocycles. The van der Waals surface area contributed by atoms with E-state index in [9.17, 15) is 9.59 Å². The minimum atomic E-state index is -0.411. The molecule has 1 aliphatic heterocycles. The van der Waals surface area contributed by atoms with E-state index in [1.807, 2.05) is 56.3 Å². The number of benzene rings is 3. The molecule has 162 valence electrons. The number of carbonyl (C=O) groups is 2. The molecule has 3 aromatic carbocycles. The quantitative estimate of drug-likeness (QED) is 0.576. The summed E-state index contributed by atoms with van der Waals surface area (Å²) >= 11 is 0. The van der Waals surface area contributed by atoms with Gasteiger partial charge in [-0.25, -0.2) is 4.90 Å². The minimum Gasteiger partial charge on any atom is -0.493 e. The van der Waals surface area contributed by atoms with Gasteiger partial charge < -0.3 is 14.8 Å². The Labute approximate surface area is 187 Å². The fraction of sp³-hybridized carbons (Fsp3) is 0.154. The Kier molecular flexibility index (Phi) is 5.69. The van der Waals surface area contributed by atoms with Gasteiger partial charge in [-0.3, -0.25) is 9.59 Å². The molecular weight excluding hydrogens is 404 g/mol. The predicted molar refractivity (Wildman–Crippen MR) is 125 cm³/mol. The van der Waals surface area contributed by atoms with E-state index in [2.05, 4.69) is 5.32 Å². The van der Waals surface area contributed by atoms with Crippen LogP contribution in [0.15, 0.2) is 72.4 Å². The maximum absolute atomic E-state index is 13.5. The summed E-state index contributed by atoms with van der Waals surface area (Å²) in [5, 5.41) is 3.16. The number of methoxy groups -OCH3 is 2. The highest BCUT2D eigenvalue weighted by molar-refractivity contribution is 6.46. The highest BCUT2D eigenvalue weighted by atomic mass is 16.5. The van der Waals surface area contributed by atoms with Crippen LogP contribution in [-0.2, 0) is 9.59 Å². The van der Waals surface area contributed by atoms with Crippen molar-refractivity contribution in [3.8, 4) is 11.5 Å². The predicted octanol–water partition coefficient (Wildman–Crippen LogP) is 4.72. The molecule has 0 unspecified atom stereocenters. The largest absolute Gasteiger partial charge is 0.493 e. The summed E-state index contributed by atoms with van der Waals surface area (Å²) in [5.74, 6) is 0.307. The molecule has 2 amide bonds. The molecule has 6 heteroatoms. The Balaban J connectivity index is 1.81. The van der Waals surface area contributed by atoms with Crippen LogP contribution in [0, 0.1) is 13.8 Å². The van der Waals surface area contributed by atoms with Crippen molar-refractivity contribution in [1.82, 2.24) is 0 Å². The van der Waals surface area contributed by atoms with Gasteiger partial charge in [0.2, 0.25) is 0 Å². The van der Waals surface area contributed by atoms with E-state index in [4.69, 9.17) is 9.47 Å². The number of aryl methyl sites for hydroxylation is 2. The van der Waals surface area contributed by atoms with E-state index in [1.165, 1.54) is 4.90 Å². The standard InChI is InChI=1S/C26H24N2O4/c1-16-8-10-18(11-9-16)23-24(27-19-12-13-21(31-3)22(15-19)32-4)26(30)28(25(23)29)20-7-5-6-17(2)14-20/h5-15,27H,1-4H3. The molecule has 6 nitrogen and oxygen atoms in total. The van der Waals surface area contributed by atoms with E-state index < -0.39 is 5.91 Å². The third-order valence-corrected chi connectivity index (χ3v) is 5.34. The van der Waals surface area contributed by atoms with Crippen molar-refractivity contribution >= 4 is 28.8 Å². The minimum absolute atomic E-state index is 0.215. The van der Waals surface area contributed by atoms with Crippen molar-refractivity contribution in [3.05, 3.63) is 89.1 Å². The van der Waals surface area contributed by atoms with Crippen molar-refractivity contribution in [2.45, 2.75) is 13.8 Å². The summed E-state index contributed by atoms with van der Waals surface area (Å²) in [4.78, 5) is 28.2. The van der Waals surface area contributed by atoms with Crippen LogP contribution in [0.3, 0.4) is 0 Å². The SMILES string of the molecule is COc1ccc(NC2=C(c3ccc(C)cc3)C(=O)N(c3cccc(C)c3)C2=O)cc1OC. The maximum atomic E-state index is 13.5. The first-order chi connectivity index (χ1) is 15.4. The molecule has 0 fully saturated rings. The van der Waals surface area contributed by atoms with Gasteiger partial charge in [0, 0.05) is 11.8 Å². The van der Waals surface area contributed by atoms with Crippen LogP contribution in [0.5, 0.6) is 11.5 Å². The highest BCUT2D eigenvalue weighted by Crippen LogP contribution is 2.36. The van der Waals surface area contributed by atoms with Crippen molar-refractivity contribution in [1.29, 1.82) is 0 Å². The number of amides is 2. The monoisotopic (exact) mass is 428 g/mol. The molecule has 1 N–H and O–H groups in total. The molecule has 0 atom stereocenters. The van der Waals surface area contributed by atoms with Crippen LogP contribution >= 0.6 is 0 Å². The molecule has 0 bridgehead atoms. The summed E-state index contributed by atoms with van der Waals surface area (Å²) in [6, 6.07) is 20.1. The first-order valence-corrected chi connectivity index (χ1v) is 10.2. The molecule has 0 saturated carbocycles. The van der Waals surface area contributed by atoms with Crippen LogP contribution < -0.4 is 19.7 Å². The summed E-state index contributed by atoms with van der Waals surface area (Å²) < 4.78 is 10.7. The number of hydrogen-bond acceptors (Lipinski definition) is 5. The van der Waals surface area contributed by atoms with Crippen molar-refractivity contribution in [3.63, 3.8) is 0 Å². The Bertz CT molecular complexity index is 1230. The lowest BCUT2D eigenvalue weighted by Crippen LogP contribution is -2.32. The van der Waals surface area contributed by atoms with Crippen LogP contribution in [0.1, 0.15) is 16.7 Å². The van der Waals surface area contributed by atoms with E-state index in [0.717, 1.165) is 11.1 Å². The topological polar surface area (TPSA) is 67.9 Å². The fourth-order valence-corrected chi connectivity index (χ4v) is 3.69. The summed E-state index contributed by atoms with van der Waals surface area (Å²) in [5.41, 5.74) is 4.38. The third kappa shape index (κ3) is 3.83. The first-order valence-electron chi connectivity index (χ1n) is 10.2. The average Bonchev–Trinajstić information content (AvgIpc) is 3.03. The van der Waals surface area contributed by atoms with Crippen molar-refractivity contribution in [2.24, 2.45) is 0 Å². The van der Waals surface area contributed by atoms with E-state index >= 15 is 0 Å². The number of carbonyl (C=O) groups excluding carboxylic acids is 2. The Morgan fingerprint density at radius 2 is 1.47 bits per heavy atom. The lowest BCUT2D eigenvalue weighted by atomic mass is 10.0. The van der Waals surface area contributed by atoms with Gasteiger partial charge in [0.15, 0.2) is 11.5 Å². The average molecular weight is 428 g/mol. The molecular formula is C26H24N2O4. The van der Waals surface area contributed by atoms with Gasteiger partial charge in [0.1, 0.15) is 5.70 Å². The van der Waals surface area contributed by atoms with Crippen LogP contribution in [-0.4, -0.2) is 26.0 Å². The van der Waals surface area contributed by atoms with Gasteiger partial charge in [-0.2, -0.15) is 0 Å². The van der Waals surface area contributed by atoms with Crippen LogP contribution in [0.25, 0.3) is 5.57 Å². The number of rotatable bonds is 6. The zero-order chi connectivity index (χ0) is 22.8. The zero-order valence-corrected chi connectivity index (χ0v) is 18.4. The van der Waals surface area contributed by atoms with Gasteiger partial charge >= 0.3 is 0 Å². The fourth-order valence-electron chi connectivity index (χ4n) is 3.69. The summed E-state index contributed by atoms with van der Waals surface area (Å²) in [6.07, 6.45) is 0. The molecule has 0 aromatic heterocycles. The number of ether oxygens (including phenoxy) is 2.